The fraction of sp³-hybridized carbons (Fsp3) is 0.151. The molecule has 7 N–H and O–H groups in total. The molecule has 0 aliphatic carbocycles. The average Bonchev–Trinajstić information content (AvgIpc) is 1.77. The van der Waals surface area contributed by atoms with Crippen LogP contribution in [0.15, 0.2) is 237 Å². The molecule has 0 fully saturated rings. The van der Waals surface area contributed by atoms with E-state index in [2.05, 4.69) is 51.2 Å². The third-order valence-corrected chi connectivity index (χ3v) is 20.2. The van der Waals surface area contributed by atoms with Crippen LogP contribution in [0.4, 0.5) is 39.5 Å². The number of aryl methyl sites for hydroxylation is 4. The fourth-order valence-electron chi connectivity index (χ4n) is 14.7. The van der Waals surface area contributed by atoms with Gasteiger partial charge in [-0.3, -0.25) is 34.1 Å². The van der Waals surface area contributed by atoms with E-state index in [1.165, 1.54) is 104 Å². The van der Waals surface area contributed by atoms with Gasteiger partial charge in [0.1, 0.15) is 40.7 Å². The smallest absolute Gasteiger partial charge is 0.252 e. The molecule has 14 nitrogen and oxygen atoms in total. The Morgan fingerprint density at radius 3 is 1.12 bits per heavy atom. The van der Waals surface area contributed by atoms with E-state index >= 15 is 0 Å². The summed E-state index contributed by atoms with van der Waals surface area (Å²) in [6.07, 6.45) is 10.6. The van der Waals surface area contributed by atoms with Crippen LogP contribution in [-0.2, 0) is 52.9 Å². The summed E-state index contributed by atoms with van der Waals surface area (Å²) in [7, 11) is 1.53. The number of carbonyl (C=O) groups excluding carboxylic acids is 4. The van der Waals surface area contributed by atoms with E-state index in [0.717, 1.165) is 51.0 Å². The Labute approximate surface area is 672 Å². The van der Waals surface area contributed by atoms with Gasteiger partial charge in [0.15, 0.2) is 11.6 Å². The van der Waals surface area contributed by atoms with E-state index in [0.29, 0.717) is 106 Å². The van der Waals surface area contributed by atoms with E-state index in [-0.39, 0.29) is 90.4 Å². The maximum atomic E-state index is 14.3. The zero-order chi connectivity index (χ0) is 82.7. The Balaban J connectivity index is 0.000000153. The molecule has 15 rings (SSSR count). The monoisotopic (exact) mass is 1600 g/mol. The van der Waals surface area contributed by atoms with Gasteiger partial charge in [-0.2, -0.15) is 0 Å². The van der Waals surface area contributed by atoms with Crippen LogP contribution in [0.1, 0.15) is 101 Å². The van der Waals surface area contributed by atoms with Crippen LogP contribution in [0, 0.1) is 80.0 Å². The van der Waals surface area contributed by atoms with Crippen LogP contribution in [0.2, 0.25) is 5.02 Å². The molecule has 6 heterocycles. The molecule has 0 saturated carbocycles. The molecular formula is C93H76ClF9N10O4. The number of halogens is 10. The number of fused-ring (bicyclic) bond motifs is 3. The Bertz CT molecular complexity index is 6180. The topological polar surface area (TPSA) is 202 Å². The summed E-state index contributed by atoms with van der Waals surface area (Å²) in [5.41, 5.74) is 14.8. The number of rotatable bonds is 22. The highest BCUT2D eigenvalue weighted by molar-refractivity contribution is 6.34. The molecule has 0 spiro atoms. The third kappa shape index (κ3) is 20.2. The van der Waals surface area contributed by atoms with Crippen LogP contribution in [-0.4, -0.2) is 60.6 Å². The SMILES string of the molecule is CNC(=O)c1ccc(-c2cccnc2[C@H](Cc2cc(C)cc(F)c2)NC(=O)Cc2c[nH]c3ccc(F)cc23)cc1Cl.Cc1cc(F)cc(C[C@H](NC(=O)Cc2c[nH]c3ccc(F)cc23)c2ncccc2-c2ccc(F)c(F)c2)c1.Cc1cc(F)cc(C[C@H](NC(=O)Cc2c[nH]c3ccc(F)cc23)c2ncccc2-c2ccc(F)cc2C)c1. The fourth-order valence-corrected chi connectivity index (χ4v) is 15.0. The highest BCUT2D eigenvalue weighted by Gasteiger charge is 2.28. The molecule has 0 aliphatic heterocycles. The minimum atomic E-state index is -1.01. The molecule has 4 amide bonds. The molecule has 117 heavy (non-hydrogen) atoms. The van der Waals surface area contributed by atoms with Gasteiger partial charge < -0.3 is 36.2 Å². The van der Waals surface area contributed by atoms with Crippen molar-refractivity contribution in [3.8, 4) is 33.4 Å². The van der Waals surface area contributed by atoms with Crippen molar-refractivity contribution in [2.75, 3.05) is 7.05 Å². The predicted molar refractivity (Wildman–Crippen MR) is 435 cm³/mol. The minimum Gasteiger partial charge on any atom is -0.361 e. The van der Waals surface area contributed by atoms with E-state index in [1.807, 2.05) is 44.2 Å². The number of carbonyl (C=O) groups is 4. The molecule has 0 saturated heterocycles. The standard InChI is InChI=1S/C32H27ClF2N4O2.C31H26F3N3O.C30H23F4N3O/c1-18-10-19(12-23(35)11-18)13-29(39-30(40)15-21-17-38-28-8-6-22(34)16-26(21)28)31-24(4-3-9-37-31)20-5-7-25(27(33)14-20)32(41)36-2;1-18-10-20(13-24(34)11-18)14-29(31-26(4-3-9-35-31)25-7-5-22(32)12-19(25)2)37-30(38)15-21-17-36-28-8-6-23(33)16-27(21)28;1-17-9-18(11-22(32)10-17)12-28(30-23(3-2-8-35-30)19-4-6-25(33)26(34)13-19)37-29(38)14-20-16-36-27-7-5-21(31)15-24(20)27/h3-12,14,16-17,29,38H,13,15H2,1-2H3,(H,36,41)(H,39,40);3-13,16-17,29,36H,14-15H2,1-2H3,(H,37,38);2-11,13,15-16,28,36H,12,14H2,1H3,(H,37,38)/t2*29-;28-/m000/s1. The second-order valence-corrected chi connectivity index (χ2v) is 29.0. The second-order valence-electron chi connectivity index (χ2n) is 28.6. The Morgan fingerprint density at radius 1 is 0.376 bits per heavy atom. The number of nitrogens with zero attached hydrogens (tertiary/aromatic N) is 3. The summed E-state index contributed by atoms with van der Waals surface area (Å²) in [4.78, 5) is 75.1. The molecule has 3 atom stereocenters. The molecular weight excluding hydrogens is 1530 g/mol. The van der Waals surface area contributed by atoms with Gasteiger partial charge in [-0.15, -0.1) is 0 Å². The molecule has 0 bridgehead atoms. The summed E-state index contributed by atoms with van der Waals surface area (Å²) < 4.78 is 126. The number of hydrogen-bond acceptors (Lipinski definition) is 7. The van der Waals surface area contributed by atoms with Gasteiger partial charge >= 0.3 is 0 Å². The zero-order valence-electron chi connectivity index (χ0n) is 63.7. The third-order valence-electron chi connectivity index (χ3n) is 19.8. The van der Waals surface area contributed by atoms with Crippen molar-refractivity contribution in [2.24, 2.45) is 0 Å². The van der Waals surface area contributed by atoms with Crippen LogP contribution in [0.5, 0.6) is 0 Å². The lowest BCUT2D eigenvalue weighted by molar-refractivity contribution is -0.122. The van der Waals surface area contributed by atoms with Crippen molar-refractivity contribution in [1.82, 2.24) is 51.2 Å². The number of pyridine rings is 3. The highest BCUT2D eigenvalue weighted by Crippen LogP contribution is 2.37. The van der Waals surface area contributed by atoms with E-state index in [9.17, 15) is 58.7 Å². The molecule has 592 valence electrons. The first kappa shape index (κ1) is 81.6. The zero-order valence-corrected chi connectivity index (χ0v) is 64.5. The van der Waals surface area contributed by atoms with Crippen molar-refractivity contribution >= 4 is 67.9 Å². The maximum absolute atomic E-state index is 14.3. The van der Waals surface area contributed by atoms with Crippen LogP contribution in [0.3, 0.4) is 0 Å². The Kier molecular flexibility index (Phi) is 25.4. The lowest BCUT2D eigenvalue weighted by Crippen LogP contribution is -2.32. The molecule has 0 aliphatic rings. The first-order chi connectivity index (χ1) is 56.2. The number of benzene rings is 9. The number of H-pyrrole nitrogens is 3. The lowest BCUT2D eigenvalue weighted by Gasteiger charge is -2.22. The number of amides is 4. The van der Waals surface area contributed by atoms with Gasteiger partial charge in [-0.1, -0.05) is 66.2 Å². The Morgan fingerprint density at radius 2 is 0.744 bits per heavy atom. The molecule has 9 aromatic carbocycles. The van der Waals surface area contributed by atoms with Gasteiger partial charge in [-0.25, -0.2) is 39.5 Å². The largest absolute Gasteiger partial charge is 0.361 e. The molecule has 0 radical (unpaired) electrons. The predicted octanol–water partition coefficient (Wildman–Crippen LogP) is 20.1. The van der Waals surface area contributed by atoms with Crippen LogP contribution >= 0.6 is 11.6 Å². The van der Waals surface area contributed by atoms with Gasteiger partial charge in [-0.05, 0) is 265 Å². The van der Waals surface area contributed by atoms with Gasteiger partial charge in [0.05, 0.1) is 65.1 Å². The highest BCUT2D eigenvalue weighted by atomic mass is 35.5. The number of hydrogen-bond donors (Lipinski definition) is 7. The van der Waals surface area contributed by atoms with Crippen molar-refractivity contribution in [3.05, 3.63) is 373 Å². The normalized spacial score (nSPS) is 12.0. The summed E-state index contributed by atoms with van der Waals surface area (Å²) in [6.45, 7) is 7.20. The summed E-state index contributed by atoms with van der Waals surface area (Å²) >= 11 is 6.45. The number of nitrogens with one attached hydrogen (secondary N) is 7. The summed E-state index contributed by atoms with van der Waals surface area (Å²) in [5.74, 6) is -5.93. The lowest BCUT2D eigenvalue weighted by atomic mass is 9.93. The maximum Gasteiger partial charge on any atom is 0.252 e. The molecule has 24 heteroatoms. The van der Waals surface area contributed by atoms with E-state index < -0.39 is 47.2 Å². The van der Waals surface area contributed by atoms with Gasteiger partial charge in [0.2, 0.25) is 17.7 Å². The molecule has 6 aromatic heterocycles. The summed E-state index contributed by atoms with van der Waals surface area (Å²) in [5, 5.41) is 13.8. The van der Waals surface area contributed by atoms with Gasteiger partial charge in [0.25, 0.3) is 5.91 Å². The van der Waals surface area contributed by atoms with Gasteiger partial charge in [0, 0.05) is 93.6 Å². The van der Waals surface area contributed by atoms with Crippen molar-refractivity contribution in [1.29, 1.82) is 0 Å². The van der Waals surface area contributed by atoms with E-state index in [1.54, 1.807) is 112 Å². The summed E-state index contributed by atoms with van der Waals surface area (Å²) in [6, 6.07) is 49.0. The Hall–Kier alpha value is -13.4. The van der Waals surface area contributed by atoms with E-state index in [4.69, 9.17) is 11.6 Å². The van der Waals surface area contributed by atoms with Crippen molar-refractivity contribution < 1.29 is 58.7 Å². The molecule has 0 unspecified atom stereocenters. The molecule has 15 aromatic rings. The second kappa shape index (κ2) is 36.4. The average molecular weight is 1600 g/mol. The minimum absolute atomic E-state index is 0.00302. The first-order valence-electron chi connectivity index (χ1n) is 37.3. The quantitative estimate of drug-likeness (QED) is 0.0327. The number of aromatic nitrogens is 6. The van der Waals surface area contributed by atoms with Crippen molar-refractivity contribution in [3.63, 3.8) is 0 Å². The van der Waals surface area contributed by atoms with Crippen LogP contribution in [0.25, 0.3) is 66.1 Å². The van der Waals surface area contributed by atoms with Crippen molar-refractivity contribution in [2.45, 2.75) is 84.3 Å². The van der Waals surface area contributed by atoms with Crippen LogP contribution < -0.4 is 21.3 Å². The number of aromatic amines is 3. The first-order valence-corrected chi connectivity index (χ1v) is 37.6.